The Bertz CT molecular complexity index is 415. The minimum atomic E-state index is -4.20. The quantitative estimate of drug-likeness (QED) is 0.828. The first kappa shape index (κ1) is 13.7. The van der Waals surface area contributed by atoms with Gasteiger partial charge in [-0.1, -0.05) is 24.6 Å². The molecule has 0 atom stereocenters. The molecule has 0 spiro atoms. The van der Waals surface area contributed by atoms with E-state index in [1.165, 1.54) is 12.1 Å². The largest absolute Gasteiger partial charge is 0.296 e. The average molecular weight is 257 g/mol. The van der Waals surface area contributed by atoms with E-state index in [0.717, 1.165) is 5.56 Å². The second kappa shape index (κ2) is 4.98. The first-order valence-electron chi connectivity index (χ1n) is 3.71. The summed E-state index contributed by atoms with van der Waals surface area (Å²) in [6.07, 6.45) is 0.694. The van der Waals surface area contributed by atoms with Crippen LogP contribution in [0.2, 0.25) is 5.02 Å². The normalized spacial score (nSPS) is 10.8. The van der Waals surface area contributed by atoms with Gasteiger partial charge in [0.25, 0.3) is 10.1 Å². The van der Waals surface area contributed by atoms with E-state index < -0.39 is 10.1 Å². The Labute approximate surface area is 94.2 Å². The minimum Gasteiger partial charge on any atom is -0.282 e. The Morgan fingerprint density at radius 2 is 2.00 bits per heavy atom. The maximum Gasteiger partial charge on any atom is 0.296 e. The van der Waals surface area contributed by atoms with Crippen LogP contribution in [0.5, 0.6) is 0 Å². The molecule has 0 unspecified atom stereocenters. The van der Waals surface area contributed by atoms with Crippen molar-refractivity contribution >= 4 is 34.1 Å². The molecule has 1 aromatic rings. The van der Waals surface area contributed by atoms with Crippen LogP contribution in [0.3, 0.4) is 0 Å². The van der Waals surface area contributed by atoms with Crippen molar-refractivity contribution in [2.75, 3.05) is 0 Å². The van der Waals surface area contributed by atoms with Gasteiger partial charge in [-0.05, 0) is 24.1 Å². The number of aryl methyl sites for hydroxylation is 1. The van der Waals surface area contributed by atoms with E-state index in [1.54, 1.807) is 6.07 Å². The first-order valence-corrected chi connectivity index (χ1v) is 5.53. The van der Waals surface area contributed by atoms with Crippen LogP contribution in [0.15, 0.2) is 23.1 Å². The molecule has 14 heavy (non-hydrogen) atoms. The van der Waals surface area contributed by atoms with Gasteiger partial charge < -0.3 is 0 Å². The lowest BCUT2D eigenvalue weighted by Gasteiger charge is -2.02. The van der Waals surface area contributed by atoms with Gasteiger partial charge in [-0.3, -0.25) is 4.55 Å². The molecule has 0 aliphatic carbocycles. The smallest absolute Gasteiger partial charge is 0.282 e. The molecule has 0 amide bonds. The van der Waals surface area contributed by atoms with E-state index in [4.69, 9.17) is 16.2 Å². The Kier molecular flexibility index (Phi) is 4.88. The highest BCUT2D eigenvalue weighted by molar-refractivity contribution is 7.86. The van der Waals surface area contributed by atoms with E-state index >= 15 is 0 Å². The third kappa shape index (κ3) is 3.13. The Morgan fingerprint density at radius 1 is 1.43 bits per heavy atom. The molecule has 1 rings (SSSR count). The lowest BCUT2D eigenvalue weighted by molar-refractivity contribution is 0.483. The maximum absolute atomic E-state index is 10.8. The molecule has 80 valence electrons. The third-order valence-electron chi connectivity index (χ3n) is 1.68. The number of hydrogen-bond donors (Lipinski definition) is 1. The van der Waals surface area contributed by atoms with Gasteiger partial charge in [-0.15, -0.1) is 12.4 Å². The van der Waals surface area contributed by atoms with E-state index in [0.29, 0.717) is 6.42 Å². The van der Waals surface area contributed by atoms with Gasteiger partial charge in [-0.25, -0.2) is 0 Å². The van der Waals surface area contributed by atoms with Gasteiger partial charge in [0.1, 0.15) is 4.90 Å². The molecule has 0 aliphatic rings. The Balaban J connectivity index is 0.00000169. The molecule has 1 N–H and O–H groups in total. The van der Waals surface area contributed by atoms with Gasteiger partial charge in [0.2, 0.25) is 0 Å². The van der Waals surface area contributed by atoms with Gasteiger partial charge in [0.15, 0.2) is 0 Å². The Morgan fingerprint density at radius 3 is 2.43 bits per heavy atom. The predicted molar refractivity (Wildman–Crippen MR) is 57.9 cm³/mol. The molecule has 3 nitrogen and oxygen atoms in total. The van der Waals surface area contributed by atoms with Crippen molar-refractivity contribution in [3.05, 3.63) is 28.8 Å². The summed E-state index contributed by atoms with van der Waals surface area (Å²) >= 11 is 5.60. The summed E-state index contributed by atoms with van der Waals surface area (Å²) in [7, 11) is -4.20. The number of rotatable bonds is 2. The fraction of sp³-hybridized carbons (Fsp3) is 0.250. The molecular weight excluding hydrogens is 247 g/mol. The van der Waals surface area contributed by atoms with Crippen LogP contribution in [0.1, 0.15) is 12.5 Å². The fourth-order valence-electron chi connectivity index (χ4n) is 0.965. The van der Waals surface area contributed by atoms with Gasteiger partial charge in [0.05, 0.1) is 5.02 Å². The van der Waals surface area contributed by atoms with Crippen molar-refractivity contribution in [3.63, 3.8) is 0 Å². The van der Waals surface area contributed by atoms with E-state index in [2.05, 4.69) is 0 Å². The summed E-state index contributed by atoms with van der Waals surface area (Å²) in [6.45, 7) is 1.89. The summed E-state index contributed by atoms with van der Waals surface area (Å²) < 4.78 is 30.4. The van der Waals surface area contributed by atoms with Crippen molar-refractivity contribution in [1.29, 1.82) is 0 Å². The summed E-state index contributed by atoms with van der Waals surface area (Å²) in [5.41, 5.74) is 0.817. The Hall–Kier alpha value is -0.290. The molecule has 0 saturated carbocycles. The van der Waals surface area contributed by atoms with Gasteiger partial charge >= 0.3 is 0 Å². The van der Waals surface area contributed by atoms with Crippen LogP contribution < -0.4 is 0 Å². The standard InChI is InChI=1S/C8H9ClO3S.ClH/c1-2-6-3-4-7(9)8(5-6)13(10,11)12;/h3-5H,2H2,1H3,(H,10,11,12);1H. The van der Waals surface area contributed by atoms with Crippen molar-refractivity contribution < 1.29 is 13.0 Å². The van der Waals surface area contributed by atoms with E-state index in [1.807, 2.05) is 6.92 Å². The summed E-state index contributed by atoms with van der Waals surface area (Å²) in [5.74, 6) is 0. The minimum absolute atomic E-state index is 0. The molecule has 0 radical (unpaired) electrons. The van der Waals surface area contributed by atoms with Crippen LogP contribution in [-0.2, 0) is 16.5 Å². The number of halogens is 2. The molecule has 0 aromatic heterocycles. The van der Waals surface area contributed by atoms with Crippen molar-refractivity contribution in [2.45, 2.75) is 18.2 Å². The monoisotopic (exact) mass is 256 g/mol. The highest BCUT2D eigenvalue weighted by Crippen LogP contribution is 2.22. The lowest BCUT2D eigenvalue weighted by atomic mass is 10.2. The van der Waals surface area contributed by atoms with Crippen molar-refractivity contribution in [2.24, 2.45) is 0 Å². The third-order valence-corrected chi connectivity index (χ3v) is 3.02. The van der Waals surface area contributed by atoms with E-state index in [9.17, 15) is 8.42 Å². The topological polar surface area (TPSA) is 54.4 Å². The summed E-state index contributed by atoms with van der Waals surface area (Å²) in [4.78, 5) is -0.228. The second-order valence-corrected chi connectivity index (χ2v) is 4.39. The highest BCUT2D eigenvalue weighted by atomic mass is 35.5. The van der Waals surface area contributed by atoms with Gasteiger partial charge in [-0.2, -0.15) is 8.42 Å². The summed E-state index contributed by atoms with van der Waals surface area (Å²) in [5, 5.41) is 0.0414. The lowest BCUT2D eigenvalue weighted by Crippen LogP contribution is -1.99. The second-order valence-electron chi connectivity index (χ2n) is 2.59. The van der Waals surface area contributed by atoms with Gasteiger partial charge in [0, 0.05) is 0 Å². The number of hydrogen-bond acceptors (Lipinski definition) is 2. The van der Waals surface area contributed by atoms with Crippen LogP contribution >= 0.6 is 24.0 Å². The van der Waals surface area contributed by atoms with Crippen LogP contribution in [0.25, 0.3) is 0 Å². The predicted octanol–water partition coefficient (Wildman–Crippen LogP) is 2.57. The zero-order chi connectivity index (χ0) is 10.1. The van der Waals surface area contributed by atoms with Crippen LogP contribution in [-0.4, -0.2) is 13.0 Å². The van der Waals surface area contributed by atoms with Crippen LogP contribution in [0.4, 0.5) is 0 Å². The first-order chi connectivity index (χ1) is 5.95. The van der Waals surface area contributed by atoms with E-state index in [-0.39, 0.29) is 22.3 Å². The van der Waals surface area contributed by atoms with Crippen molar-refractivity contribution in [1.82, 2.24) is 0 Å². The molecule has 0 fully saturated rings. The molecule has 0 bridgehead atoms. The maximum atomic E-state index is 10.8. The zero-order valence-electron chi connectivity index (χ0n) is 7.40. The summed E-state index contributed by atoms with van der Waals surface area (Å²) in [6, 6.07) is 4.55. The molecule has 0 heterocycles. The molecule has 1 aromatic carbocycles. The molecular formula is C8H10Cl2O3S. The van der Waals surface area contributed by atoms with Crippen LogP contribution in [0, 0.1) is 0 Å². The SMILES string of the molecule is CCc1ccc(Cl)c(S(=O)(=O)O)c1.Cl. The number of benzene rings is 1. The molecule has 0 aliphatic heterocycles. The van der Waals surface area contributed by atoms with Crippen molar-refractivity contribution in [3.8, 4) is 0 Å². The molecule has 0 saturated heterocycles. The zero-order valence-corrected chi connectivity index (χ0v) is 9.79. The average Bonchev–Trinajstić information content (AvgIpc) is 2.03. The molecule has 6 heteroatoms. The highest BCUT2D eigenvalue weighted by Gasteiger charge is 2.14. The fourth-order valence-corrected chi connectivity index (χ4v) is 1.99.